The molecule has 0 saturated carbocycles. The van der Waals surface area contributed by atoms with Crippen LogP contribution in [0, 0.1) is 0 Å². The fourth-order valence-corrected chi connectivity index (χ4v) is 1.88. The number of hydrogen-bond donors (Lipinski definition) is 1. The standard InChI is InChI=1S/C14H18ClN5O2/c1-2-22-9-3-8-16-13(21)10-20-18-14(17-19-20)11-4-6-12(15)7-5-11/h4-7H,2-3,8-10H2,1H3,(H,16,21). The SMILES string of the molecule is CCOCCCNC(=O)Cn1nnc(-c2ccc(Cl)cc2)n1. The van der Waals surface area contributed by atoms with Gasteiger partial charge in [-0.15, -0.1) is 10.2 Å². The molecule has 1 aromatic heterocycles. The smallest absolute Gasteiger partial charge is 0.243 e. The highest BCUT2D eigenvalue weighted by atomic mass is 35.5. The highest BCUT2D eigenvalue weighted by Gasteiger charge is 2.08. The van der Waals surface area contributed by atoms with Crippen molar-refractivity contribution < 1.29 is 9.53 Å². The van der Waals surface area contributed by atoms with Crippen LogP contribution in [0.2, 0.25) is 5.02 Å². The van der Waals surface area contributed by atoms with Crippen LogP contribution in [0.3, 0.4) is 0 Å². The van der Waals surface area contributed by atoms with Gasteiger partial charge >= 0.3 is 0 Å². The van der Waals surface area contributed by atoms with Crippen LogP contribution < -0.4 is 5.32 Å². The first-order chi connectivity index (χ1) is 10.7. The lowest BCUT2D eigenvalue weighted by molar-refractivity contribution is -0.122. The second-order valence-electron chi connectivity index (χ2n) is 4.55. The molecule has 0 saturated heterocycles. The predicted octanol–water partition coefficient (Wildman–Crippen LogP) is 1.54. The largest absolute Gasteiger partial charge is 0.382 e. The number of carbonyl (C=O) groups excluding carboxylic acids is 1. The van der Waals surface area contributed by atoms with Crippen molar-refractivity contribution in [2.24, 2.45) is 0 Å². The number of tetrazole rings is 1. The number of hydrogen-bond acceptors (Lipinski definition) is 5. The summed E-state index contributed by atoms with van der Waals surface area (Å²) in [5.74, 6) is 0.303. The van der Waals surface area contributed by atoms with Crippen LogP contribution in [0.5, 0.6) is 0 Å². The Morgan fingerprint density at radius 3 is 2.86 bits per heavy atom. The Labute approximate surface area is 133 Å². The molecule has 1 N–H and O–H groups in total. The Kier molecular flexibility index (Phi) is 6.29. The van der Waals surface area contributed by atoms with E-state index in [1.165, 1.54) is 4.80 Å². The van der Waals surface area contributed by atoms with E-state index in [-0.39, 0.29) is 12.5 Å². The van der Waals surface area contributed by atoms with Crippen LogP contribution in [0.25, 0.3) is 11.4 Å². The number of carbonyl (C=O) groups is 1. The number of aromatic nitrogens is 4. The molecule has 0 radical (unpaired) electrons. The van der Waals surface area contributed by atoms with Crippen molar-refractivity contribution in [3.8, 4) is 11.4 Å². The molecule has 0 aliphatic carbocycles. The van der Waals surface area contributed by atoms with E-state index < -0.39 is 0 Å². The van der Waals surface area contributed by atoms with Crippen LogP contribution in [-0.4, -0.2) is 45.9 Å². The molecule has 2 aromatic rings. The van der Waals surface area contributed by atoms with Gasteiger partial charge in [-0.05, 0) is 42.8 Å². The highest BCUT2D eigenvalue weighted by Crippen LogP contribution is 2.16. The average molecular weight is 324 g/mol. The fraction of sp³-hybridized carbons (Fsp3) is 0.429. The number of amides is 1. The fourth-order valence-electron chi connectivity index (χ4n) is 1.76. The molecule has 7 nitrogen and oxygen atoms in total. The number of nitrogens with one attached hydrogen (secondary N) is 1. The molecule has 1 aromatic carbocycles. The molecule has 1 heterocycles. The molecule has 0 aliphatic rings. The molecule has 0 atom stereocenters. The van der Waals surface area contributed by atoms with Gasteiger partial charge in [0.25, 0.3) is 0 Å². The summed E-state index contributed by atoms with van der Waals surface area (Å²) in [4.78, 5) is 13.0. The first kappa shape index (κ1) is 16.4. The summed E-state index contributed by atoms with van der Waals surface area (Å²) in [6.45, 7) is 3.86. The second kappa shape index (κ2) is 8.45. The minimum atomic E-state index is -0.156. The zero-order valence-corrected chi connectivity index (χ0v) is 13.1. The molecule has 0 unspecified atom stereocenters. The number of halogens is 1. The first-order valence-electron chi connectivity index (χ1n) is 7.07. The van der Waals surface area contributed by atoms with Crippen LogP contribution in [0.1, 0.15) is 13.3 Å². The van der Waals surface area contributed by atoms with Crippen molar-refractivity contribution >= 4 is 17.5 Å². The summed E-state index contributed by atoms with van der Waals surface area (Å²) in [5.41, 5.74) is 0.799. The second-order valence-corrected chi connectivity index (χ2v) is 4.99. The van der Waals surface area contributed by atoms with Gasteiger partial charge in [-0.2, -0.15) is 4.80 Å². The molecule has 1 amide bonds. The summed E-state index contributed by atoms with van der Waals surface area (Å²) in [7, 11) is 0. The van der Waals surface area contributed by atoms with Gasteiger partial charge < -0.3 is 10.1 Å². The number of rotatable bonds is 8. The van der Waals surface area contributed by atoms with Gasteiger partial charge in [-0.25, -0.2) is 0 Å². The molecule has 22 heavy (non-hydrogen) atoms. The lowest BCUT2D eigenvalue weighted by atomic mass is 10.2. The maximum absolute atomic E-state index is 11.7. The van der Waals surface area contributed by atoms with Crippen LogP contribution in [0.15, 0.2) is 24.3 Å². The zero-order valence-electron chi connectivity index (χ0n) is 12.3. The molecule has 0 fully saturated rings. The summed E-state index contributed by atoms with van der Waals surface area (Å²) < 4.78 is 5.19. The van der Waals surface area contributed by atoms with Crippen LogP contribution in [0.4, 0.5) is 0 Å². The average Bonchev–Trinajstić information content (AvgIpc) is 2.96. The topological polar surface area (TPSA) is 81.9 Å². The molecule has 118 valence electrons. The summed E-state index contributed by atoms with van der Waals surface area (Å²) in [5, 5.41) is 15.4. The van der Waals surface area contributed by atoms with Crippen molar-refractivity contribution in [2.75, 3.05) is 19.8 Å². The van der Waals surface area contributed by atoms with Gasteiger partial charge in [0.15, 0.2) is 0 Å². The van der Waals surface area contributed by atoms with Crippen molar-refractivity contribution in [3.63, 3.8) is 0 Å². The van der Waals surface area contributed by atoms with Gasteiger partial charge in [0.1, 0.15) is 6.54 Å². The van der Waals surface area contributed by atoms with Crippen molar-refractivity contribution in [1.82, 2.24) is 25.5 Å². The Bertz CT molecular complexity index is 600. The van der Waals surface area contributed by atoms with E-state index in [1.807, 2.05) is 6.92 Å². The molecule has 8 heteroatoms. The Balaban J connectivity index is 1.81. The molecular formula is C14H18ClN5O2. The van der Waals surface area contributed by atoms with Gasteiger partial charge in [-0.3, -0.25) is 4.79 Å². The van der Waals surface area contributed by atoms with E-state index in [0.717, 1.165) is 12.0 Å². The number of benzene rings is 1. The van der Waals surface area contributed by atoms with E-state index in [2.05, 4.69) is 20.7 Å². The monoisotopic (exact) mass is 323 g/mol. The molecule has 2 rings (SSSR count). The van der Waals surface area contributed by atoms with Gasteiger partial charge in [0.05, 0.1) is 0 Å². The van der Waals surface area contributed by atoms with E-state index in [0.29, 0.717) is 30.6 Å². The van der Waals surface area contributed by atoms with Crippen LogP contribution >= 0.6 is 11.6 Å². The molecular weight excluding hydrogens is 306 g/mol. The normalized spacial score (nSPS) is 10.6. The minimum Gasteiger partial charge on any atom is -0.382 e. The highest BCUT2D eigenvalue weighted by molar-refractivity contribution is 6.30. The van der Waals surface area contributed by atoms with E-state index in [9.17, 15) is 4.79 Å². The molecule has 0 aliphatic heterocycles. The van der Waals surface area contributed by atoms with Crippen molar-refractivity contribution in [3.05, 3.63) is 29.3 Å². The summed E-state index contributed by atoms with van der Waals surface area (Å²) in [6.07, 6.45) is 0.778. The van der Waals surface area contributed by atoms with Crippen molar-refractivity contribution in [1.29, 1.82) is 0 Å². The quantitative estimate of drug-likeness (QED) is 0.745. The first-order valence-corrected chi connectivity index (χ1v) is 7.45. The van der Waals surface area contributed by atoms with Crippen molar-refractivity contribution in [2.45, 2.75) is 19.9 Å². The minimum absolute atomic E-state index is 0.0369. The summed E-state index contributed by atoms with van der Waals surface area (Å²) >= 11 is 5.83. The predicted molar refractivity (Wildman–Crippen MR) is 82.4 cm³/mol. The lowest BCUT2D eigenvalue weighted by Gasteiger charge is -2.04. The lowest BCUT2D eigenvalue weighted by Crippen LogP contribution is -2.29. The third-order valence-electron chi connectivity index (χ3n) is 2.83. The van der Waals surface area contributed by atoms with E-state index in [1.54, 1.807) is 24.3 Å². The van der Waals surface area contributed by atoms with Gasteiger partial charge in [-0.1, -0.05) is 11.6 Å². The maximum Gasteiger partial charge on any atom is 0.243 e. The summed E-state index contributed by atoms with van der Waals surface area (Å²) in [6, 6.07) is 7.11. The Morgan fingerprint density at radius 1 is 1.36 bits per heavy atom. The maximum atomic E-state index is 11.7. The Hall–Kier alpha value is -1.99. The molecule has 0 bridgehead atoms. The van der Waals surface area contributed by atoms with E-state index >= 15 is 0 Å². The third-order valence-corrected chi connectivity index (χ3v) is 3.08. The van der Waals surface area contributed by atoms with Gasteiger partial charge in [0, 0.05) is 30.3 Å². The third kappa shape index (κ3) is 5.09. The zero-order chi connectivity index (χ0) is 15.8. The van der Waals surface area contributed by atoms with Gasteiger partial charge in [0.2, 0.25) is 11.7 Å². The Morgan fingerprint density at radius 2 is 2.14 bits per heavy atom. The molecule has 0 spiro atoms. The number of ether oxygens (including phenoxy) is 1. The van der Waals surface area contributed by atoms with E-state index in [4.69, 9.17) is 16.3 Å². The van der Waals surface area contributed by atoms with Crippen LogP contribution in [-0.2, 0) is 16.1 Å². The number of nitrogens with zero attached hydrogens (tertiary/aromatic N) is 4.